The Labute approximate surface area is 119 Å². The molecule has 0 spiro atoms. The summed E-state index contributed by atoms with van der Waals surface area (Å²) in [4.78, 5) is 2.54. The first-order chi connectivity index (χ1) is 9.22. The minimum atomic E-state index is 0.731. The van der Waals surface area contributed by atoms with Gasteiger partial charge in [-0.25, -0.2) is 0 Å². The summed E-state index contributed by atoms with van der Waals surface area (Å²) >= 11 is 0. The Kier molecular flexibility index (Phi) is 9.48. The molecule has 0 N–H and O–H groups in total. The van der Waals surface area contributed by atoms with Crippen LogP contribution >= 0.6 is 0 Å². The van der Waals surface area contributed by atoms with Crippen LogP contribution in [0.4, 0.5) is 0 Å². The normalized spacial score (nSPS) is 18.3. The van der Waals surface area contributed by atoms with Crippen molar-refractivity contribution in [3.8, 4) is 0 Å². The van der Waals surface area contributed by atoms with E-state index in [4.69, 9.17) is 9.47 Å². The van der Waals surface area contributed by atoms with Gasteiger partial charge in [-0.1, -0.05) is 20.8 Å². The molecule has 0 aliphatic carbocycles. The Bertz CT molecular complexity index is 201. The molecule has 0 aromatic rings. The van der Waals surface area contributed by atoms with E-state index in [1.54, 1.807) is 0 Å². The highest BCUT2D eigenvalue weighted by Crippen LogP contribution is 2.19. The second-order valence-electron chi connectivity index (χ2n) is 6.07. The van der Waals surface area contributed by atoms with Gasteiger partial charge >= 0.3 is 0 Å². The Balaban J connectivity index is 1.83. The predicted molar refractivity (Wildman–Crippen MR) is 80.5 cm³/mol. The molecule has 0 atom stereocenters. The lowest BCUT2D eigenvalue weighted by Gasteiger charge is -2.30. The van der Waals surface area contributed by atoms with E-state index in [1.807, 2.05) is 0 Å². The Hall–Kier alpha value is -0.120. The van der Waals surface area contributed by atoms with E-state index in [0.29, 0.717) is 0 Å². The lowest BCUT2D eigenvalue weighted by atomic mass is 9.94. The first-order valence-electron chi connectivity index (χ1n) is 8.10. The molecule has 0 aromatic carbocycles. The summed E-state index contributed by atoms with van der Waals surface area (Å²) in [5, 5.41) is 0. The molecule has 0 unspecified atom stereocenters. The van der Waals surface area contributed by atoms with Gasteiger partial charge in [0.05, 0.1) is 13.2 Å². The molecule has 0 bridgehead atoms. The van der Waals surface area contributed by atoms with Gasteiger partial charge in [0.15, 0.2) is 0 Å². The number of rotatable bonds is 10. The van der Waals surface area contributed by atoms with Crippen LogP contribution in [0.25, 0.3) is 0 Å². The average Bonchev–Trinajstić information content (AvgIpc) is 2.42. The molecule has 114 valence electrons. The molecule has 1 rings (SSSR count). The van der Waals surface area contributed by atoms with Crippen molar-refractivity contribution in [2.75, 3.05) is 46.1 Å². The second kappa shape index (κ2) is 10.6. The lowest BCUT2D eigenvalue weighted by Crippen LogP contribution is -2.33. The van der Waals surface area contributed by atoms with Crippen LogP contribution in [-0.2, 0) is 9.47 Å². The van der Waals surface area contributed by atoms with Gasteiger partial charge in [0.2, 0.25) is 0 Å². The molecular formula is C16H33NO2. The van der Waals surface area contributed by atoms with Crippen LogP contribution in [0.2, 0.25) is 0 Å². The van der Waals surface area contributed by atoms with E-state index >= 15 is 0 Å². The molecule has 1 heterocycles. The van der Waals surface area contributed by atoms with E-state index < -0.39 is 0 Å². The smallest absolute Gasteiger partial charge is 0.0700 e. The van der Waals surface area contributed by atoms with Crippen LogP contribution in [0.1, 0.15) is 46.5 Å². The van der Waals surface area contributed by atoms with Gasteiger partial charge in [0.1, 0.15) is 0 Å². The Morgan fingerprint density at radius 2 is 1.63 bits per heavy atom. The molecule has 19 heavy (non-hydrogen) atoms. The van der Waals surface area contributed by atoms with Gasteiger partial charge in [0, 0.05) is 13.2 Å². The first kappa shape index (κ1) is 16.9. The van der Waals surface area contributed by atoms with E-state index in [-0.39, 0.29) is 0 Å². The molecular weight excluding hydrogens is 238 g/mol. The molecule has 1 fully saturated rings. The van der Waals surface area contributed by atoms with E-state index in [1.165, 1.54) is 38.9 Å². The van der Waals surface area contributed by atoms with Crippen molar-refractivity contribution in [1.82, 2.24) is 4.90 Å². The molecule has 1 aliphatic rings. The largest absolute Gasteiger partial charge is 0.379 e. The number of piperidine rings is 1. The summed E-state index contributed by atoms with van der Waals surface area (Å²) in [7, 11) is 0. The van der Waals surface area contributed by atoms with Gasteiger partial charge < -0.3 is 14.4 Å². The monoisotopic (exact) mass is 271 g/mol. The van der Waals surface area contributed by atoms with Gasteiger partial charge in [-0.15, -0.1) is 0 Å². The van der Waals surface area contributed by atoms with E-state index in [2.05, 4.69) is 25.7 Å². The molecule has 3 heteroatoms. The van der Waals surface area contributed by atoms with E-state index in [9.17, 15) is 0 Å². The minimum Gasteiger partial charge on any atom is -0.379 e. The quantitative estimate of drug-likeness (QED) is 0.570. The van der Waals surface area contributed by atoms with Crippen LogP contribution in [0.5, 0.6) is 0 Å². The number of hydrogen-bond donors (Lipinski definition) is 0. The summed E-state index contributed by atoms with van der Waals surface area (Å²) in [6, 6.07) is 0. The molecule has 0 radical (unpaired) electrons. The highest BCUT2D eigenvalue weighted by molar-refractivity contribution is 4.71. The zero-order valence-electron chi connectivity index (χ0n) is 13.2. The highest BCUT2D eigenvalue weighted by atomic mass is 16.5. The summed E-state index contributed by atoms with van der Waals surface area (Å²) in [6.45, 7) is 13.7. The van der Waals surface area contributed by atoms with Crippen molar-refractivity contribution in [2.24, 2.45) is 11.8 Å². The van der Waals surface area contributed by atoms with Crippen LogP contribution in [0, 0.1) is 11.8 Å². The Morgan fingerprint density at radius 3 is 2.21 bits per heavy atom. The number of hydrogen-bond acceptors (Lipinski definition) is 3. The van der Waals surface area contributed by atoms with Gasteiger partial charge in [-0.05, 0) is 57.2 Å². The van der Waals surface area contributed by atoms with Crippen molar-refractivity contribution >= 4 is 0 Å². The zero-order chi connectivity index (χ0) is 13.9. The first-order valence-corrected chi connectivity index (χ1v) is 8.10. The maximum atomic E-state index is 5.66. The van der Waals surface area contributed by atoms with Crippen molar-refractivity contribution < 1.29 is 9.47 Å². The van der Waals surface area contributed by atoms with Crippen LogP contribution in [-0.4, -0.2) is 51.0 Å². The predicted octanol–water partition coefficient (Wildman–Crippen LogP) is 3.19. The summed E-state index contributed by atoms with van der Waals surface area (Å²) in [6.07, 6.45) is 5.07. The Morgan fingerprint density at radius 1 is 1.00 bits per heavy atom. The molecule has 0 amide bonds. The molecule has 0 aromatic heterocycles. The van der Waals surface area contributed by atoms with Gasteiger partial charge in [-0.3, -0.25) is 0 Å². The fourth-order valence-electron chi connectivity index (χ4n) is 2.48. The van der Waals surface area contributed by atoms with Crippen LogP contribution in [0.15, 0.2) is 0 Å². The SMILES string of the molecule is CCN1CCC(CCOCCOCCC(C)C)CC1. The highest BCUT2D eigenvalue weighted by Gasteiger charge is 2.17. The fraction of sp³-hybridized carbons (Fsp3) is 1.00. The second-order valence-corrected chi connectivity index (χ2v) is 6.07. The standard InChI is InChI=1S/C16H33NO2/c1-4-17-9-5-16(6-10-17)8-12-19-14-13-18-11-7-15(2)3/h15-16H,4-14H2,1-3H3. The number of ether oxygens (including phenoxy) is 2. The average molecular weight is 271 g/mol. The molecule has 0 saturated carbocycles. The molecule has 3 nitrogen and oxygen atoms in total. The number of likely N-dealkylation sites (tertiary alicyclic amines) is 1. The summed E-state index contributed by atoms with van der Waals surface area (Å²) < 4.78 is 11.2. The maximum Gasteiger partial charge on any atom is 0.0700 e. The zero-order valence-corrected chi connectivity index (χ0v) is 13.2. The van der Waals surface area contributed by atoms with Crippen LogP contribution in [0.3, 0.4) is 0 Å². The minimum absolute atomic E-state index is 0.731. The number of nitrogens with zero attached hydrogens (tertiary/aromatic N) is 1. The van der Waals surface area contributed by atoms with Gasteiger partial charge in [0.25, 0.3) is 0 Å². The third kappa shape index (κ3) is 8.61. The van der Waals surface area contributed by atoms with Crippen molar-refractivity contribution in [2.45, 2.75) is 46.5 Å². The third-order valence-electron chi connectivity index (χ3n) is 4.04. The summed E-state index contributed by atoms with van der Waals surface area (Å²) in [5.41, 5.74) is 0. The van der Waals surface area contributed by atoms with Crippen molar-refractivity contribution in [3.05, 3.63) is 0 Å². The molecule has 1 saturated heterocycles. The van der Waals surface area contributed by atoms with E-state index in [0.717, 1.165) is 44.7 Å². The fourth-order valence-corrected chi connectivity index (χ4v) is 2.48. The van der Waals surface area contributed by atoms with Crippen molar-refractivity contribution in [3.63, 3.8) is 0 Å². The van der Waals surface area contributed by atoms with Gasteiger partial charge in [-0.2, -0.15) is 0 Å². The maximum absolute atomic E-state index is 5.66. The third-order valence-corrected chi connectivity index (χ3v) is 4.04. The summed E-state index contributed by atoms with van der Waals surface area (Å²) in [5.74, 6) is 1.61. The molecule has 1 aliphatic heterocycles. The van der Waals surface area contributed by atoms with Crippen LogP contribution < -0.4 is 0 Å². The lowest BCUT2D eigenvalue weighted by molar-refractivity contribution is 0.0360. The topological polar surface area (TPSA) is 21.7 Å². The van der Waals surface area contributed by atoms with Crippen molar-refractivity contribution in [1.29, 1.82) is 0 Å².